The minimum absolute atomic E-state index is 0. The van der Waals surface area contributed by atoms with Crippen molar-refractivity contribution in [2.75, 3.05) is 19.6 Å². The number of nitrogens with zero attached hydrogens (tertiary/aromatic N) is 1. The average Bonchev–Trinajstić information content (AvgIpc) is 2.65. The third-order valence-corrected chi connectivity index (χ3v) is 4.88. The third kappa shape index (κ3) is 6.70. The Balaban J connectivity index is 0.00000182. The first-order chi connectivity index (χ1) is 12.1. The van der Waals surface area contributed by atoms with Crippen LogP contribution in [0.5, 0.6) is 11.6 Å². The first-order valence-electron chi connectivity index (χ1n) is 8.20. The van der Waals surface area contributed by atoms with Crippen LogP contribution in [-0.4, -0.2) is 30.5 Å². The van der Waals surface area contributed by atoms with E-state index in [4.69, 9.17) is 27.9 Å². The van der Waals surface area contributed by atoms with E-state index in [-0.39, 0.29) is 30.7 Å². The molecule has 1 fully saturated rings. The molecule has 0 aliphatic carbocycles. The van der Waals surface area contributed by atoms with Crippen LogP contribution in [0.4, 0.5) is 0 Å². The molecule has 9 heteroatoms. The Bertz CT molecular complexity index is 738. The van der Waals surface area contributed by atoms with Crippen LogP contribution < -0.4 is 15.4 Å². The van der Waals surface area contributed by atoms with Gasteiger partial charge in [-0.05, 0) is 50.0 Å². The molecule has 1 unspecified atom stereocenters. The lowest BCUT2D eigenvalue weighted by Crippen LogP contribution is -2.38. The Morgan fingerprint density at radius 1 is 1.26 bits per heavy atom. The van der Waals surface area contributed by atoms with Gasteiger partial charge in [0.15, 0.2) is 0 Å². The molecule has 1 amide bonds. The molecule has 1 aliphatic rings. The van der Waals surface area contributed by atoms with E-state index in [0.717, 1.165) is 25.9 Å². The molecule has 27 heavy (non-hydrogen) atoms. The molecular weight excluding hydrogens is 432 g/mol. The number of pyridine rings is 1. The smallest absolute Gasteiger partial charge is 0.252 e. The van der Waals surface area contributed by atoms with Crippen molar-refractivity contribution in [2.24, 2.45) is 5.92 Å². The van der Waals surface area contributed by atoms with Gasteiger partial charge in [0, 0.05) is 18.8 Å². The number of carbonyl (C=O) groups is 1. The lowest BCUT2D eigenvalue weighted by Gasteiger charge is -2.22. The summed E-state index contributed by atoms with van der Waals surface area (Å²) in [6.45, 7) is 2.68. The normalized spacial score (nSPS) is 15.9. The van der Waals surface area contributed by atoms with E-state index in [1.54, 1.807) is 30.3 Å². The fraction of sp³-hybridized carbons (Fsp3) is 0.333. The lowest BCUT2D eigenvalue weighted by atomic mass is 10.00. The number of benzene rings is 1. The van der Waals surface area contributed by atoms with Crippen LogP contribution in [-0.2, 0) is 0 Å². The zero-order chi connectivity index (χ0) is 17.6. The summed E-state index contributed by atoms with van der Waals surface area (Å²) in [5.41, 5.74) is 0.494. The van der Waals surface area contributed by atoms with Crippen LogP contribution in [0.2, 0.25) is 10.0 Å². The fourth-order valence-electron chi connectivity index (χ4n) is 2.69. The standard InChI is InChI=1S/C18H19Cl2N3O2.2ClH/c19-14-4-1-5-15(17(14)20)25-16-7-6-13(11-22-16)18(24)23-10-12-3-2-8-21-9-12;;/h1,4-7,11-12,21H,2-3,8-10H2,(H,23,24);2*1H. The first kappa shape index (κ1) is 23.8. The van der Waals surface area contributed by atoms with E-state index >= 15 is 0 Å². The molecule has 1 atom stereocenters. The average molecular weight is 453 g/mol. The van der Waals surface area contributed by atoms with Crippen molar-refractivity contribution in [3.8, 4) is 11.6 Å². The van der Waals surface area contributed by atoms with Gasteiger partial charge in [0.2, 0.25) is 5.88 Å². The van der Waals surface area contributed by atoms with Crippen LogP contribution in [0.25, 0.3) is 0 Å². The minimum Gasteiger partial charge on any atom is -0.437 e. The number of halogens is 4. The van der Waals surface area contributed by atoms with Gasteiger partial charge in [0.1, 0.15) is 10.8 Å². The molecule has 0 radical (unpaired) electrons. The summed E-state index contributed by atoms with van der Waals surface area (Å²) in [4.78, 5) is 16.4. The van der Waals surface area contributed by atoms with Crippen molar-refractivity contribution in [1.29, 1.82) is 0 Å². The van der Waals surface area contributed by atoms with Crippen LogP contribution in [0.15, 0.2) is 36.5 Å². The molecule has 2 heterocycles. The number of ether oxygens (including phenoxy) is 1. The van der Waals surface area contributed by atoms with Gasteiger partial charge in [-0.15, -0.1) is 24.8 Å². The minimum atomic E-state index is -0.134. The monoisotopic (exact) mass is 451 g/mol. The number of carbonyl (C=O) groups excluding carboxylic acids is 1. The predicted molar refractivity (Wildman–Crippen MR) is 113 cm³/mol. The first-order valence-corrected chi connectivity index (χ1v) is 8.96. The predicted octanol–water partition coefficient (Wildman–Crippen LogP) is 4.75. The van der Waals surface area contributed by atoms with Crippen molar-refractivity contribution in [3.05, 3.63) is 52.1 Å². The van der Waals surface area contributed by atoms with E-state index < -0.39 is 0 Å². The second kappa shape index (κ2) is 11.6. The Hall–Kier alpha value is -1.24. The summed E-state index contributed by atoms with van der Waals surface area (Å²) < 4.78 is 5.61. The summed E-state index contributed by atoms with van der Waals surface area (Å²) in [6, 6.07) is 8.43. The van der Waals surface area contributed by atoms with E-state index in [9.17, 15) is 4.79 Å². The van der Waals surface area contributed by atoms with Crippen LogP contribution in [0, 0.1) is 5.92 Å². The Morgan fingerprint density at radius 2 is 2.07 bits per heavy atom. The van der Waals surface area contributed by atoms with Crippen molar-refractivity contribution in [3.63, 3.8) is 0 Å². The molecule has 2 aromatic rings. The summed E-state index contributed by atoms with van der Waals surface area (Å²) in [5, 5.41) is 7.03. The topological polar surface area (TPSA) is 63.2 Å². The number of piperidine rings is 1. The van der Waals surface area contributed by atoms with Gasteiger partial charge in [-0.2, -0.15) is 0 Å². The van der Waals surface area contributed by atoms with E-state index in [1.807, 2.05) is 0 Å². The summed E-state index contributed by atoms with van der Waals surface area (Å²) in [5.74, 6) is 1.12. The Labute approximate surface area is 181 Å². The summed E-state index contributed by atoms with van der Waals surface area (Å²) in [6.07, 6.45) is 3.78. The largest absolute Gasteiger partial charge is 0.437 e. The van der Waals surface area contributed by atoms with Gasteiger partial charge in [-0.25, -0.2) is 4.98 Å². The summed E-state index contributed by atoms with van der Waals surface area (Å²) >= 11 is 12.0. The number of rotatable bonds is 5. The zero-order valence-electron chi connectivity index (χ0n) is 14.4. The molecular formula is C18H21Cl4N3O2. The van der Waals surface area contributed by atoms with Crippen molar-refractivity contribution >= 4 is 53.9 Å². The molecule has 1 aromatic carbocycles. The third-order valence-electron chi connectivity index (χ3n) is 4.08. The lowest BCUT2D eigenvalue weighted by molar-refractivity contribution is 0.0944. The van der Waals surface area contributed by atoms with E-state index in [0.29, 0.717) is 39.7 Å². The molecule has 2 N–H and O–H groups in total. The Morgan fingerprint density at radius 3 is 2.74 bits per heavy atom. The summed E-state index contributed by atoms with van der Waals surface area (Å²) in [7, 11) is 0. The highest BCUT2D eigenvalue weighted by Gasteiger charge is 2.15. The molecule has 148 valence electrons. The highest BCUT2D eigenvalue weighted by Crippen LogP contribution is 2.33. The van der Waals surface area contributed by atoms with Gasteiger partial charge in [0.25, 0.3) is 5.91 Å². The number of nitrogens with one attached hydrogen (secondary N) is 2. The van der Waals surface area contributed by atoms with E-state index in [2.05, 4.69) is 15.6 Å². The van der Waals surface area contributed by atoms with E-state index in [1.165, 1.54) is 6.20 Å². The molecule has 3 rings (SSSR count). The highest BCUT2D eigenvalue weighted by atomic mass is 35.5. The molecule has 1 aliphatic heterocycles. The Kier molecular flexibility index (Phi) is 10.2. The second-order valence-electron chi connectivity index (χ2n) is 5.96. The van der Waals surface area contributed by atoms with Crippen LogP contribution in [0.1, 0.15) is 23.2 Å². The quantitative estimate of drug-likeness (QED) is 0.686. The van der Waals surface area contributed by atoms with Crippen LogP contribution >= 0.6 is 48.0 Å². The second-order valence-corrected chi connectivity index (χ2v) is 6.75. The number of hydrogen-bond acceptors (Lipinski definition) is 4. The zero-order valence-corrected chi connectivity index (χ0v) is 17.6. The van der Waals surface area contributed by atoms with Gasteiger partial charge in [-0.1, -0.05) is 29.3 Å². The molecule has 1 aromatic heterocycles. The van der Waals surface area contributed by atoms with Crippen molar-refractivity contribution in [1.82, 2.24) is 15.6 Å². The number of hydrogen-bond donors (Lipinski definition) is 2. The molecule has 0 spiro atoms. The molecule has 0 saturated carbocycles. The molecule has 1 saturated heterocycles. The molecule has 5 nitrogen and oxygen atoms in total. The SMILES string of the molecule is Cl.Cl.O=C(NCC1CCCNC1)c1ccc(Oc2cccc(Cl)c2Cl)nc1. The van der Waals surface area contributed by atoms with Crippen LogP contribution in [0.3, 0.4) is 0 Å². The van der Waals surface area contributed by atoms with Gasteiger partial charge in [-0.3, -0.25) is 4.79 Å². The fourth-order valence-corrected chi connectivity index (χ4v) is 3.02. The number of amides is 1. The maximum absolute atomic E-state index is 12.2. The molecule has 0 bridgehead atoms. The van der Waals surface area contributed by atoms with Crippen molar-refractivity contribution in [2.45, 2.75) is 12.8 Å². The number of aromatic nitrogens is 1. The van der Waals surface area contributed by atoms with Gasteiger partial charge >= 0.3 is 0 Å². The van der Waals surface area contributed by atoms with Gasteiger partial charge < -0.3 is 15.4 Å². The highest BCUT2D eigenvalue weighted by molar-refractivity contribution is 6.42. The van der Waals surface area contributed by atoms with Crippen molar-refractivity contribution < 1.29 is 9.53 Å². The maximum Gasteiger partial charge on any atom is 0.252 e. The van der Waals surface area contributed by atoms with Gasteiger partial charge in [0.05, 0.1) is 10.6 Å². The maximum atomic E-state index is 12.2.